The number of nitrogens with one attached hydrogen (secondary N) is 1. The van der Waals surface area contributed by atoms with Crippen molar-refractivity contribution in [3.63, 3.8) is 0 Å². The summed E-state index contributed by atoms with van der Waals surface area (Å²) in [6.45, 7) is 7.75. The molecule has 1 amide bonds. The molecule has 0 rings (SSSR count). The van der Waals surface area contributed by atoms with Gasteiger partial charge in [-0.15, -0.1) is 0 Å². The summed E-state index contributed by atoms with van der Waals surface area (Å²) in [5.41, 5.74) is 2.75. The van der Waals surface area contributed by atoms with Crippen LogP contribution in [0.2, 0.25) is 0 Å². The van der Waals surface area contributed by atoms with E-state index < -0.39 is 0 Å². The van der Waals surface area contributed by atoms with Crippen LogP contribution in [0.25, 0.3) is 0 Å². The fourth-order valence-corrected chi connectivity index (χ4v) is 1.12. The molecule has 0 atom stereocenters. The lowest BCUT2D eigenvalue weighted by molar-refractivity contribution is -0.128. The fourth-order valence-electron chi connectivity index (χ4n) is 1.12. The second kappa shape index (κ2) is 10.4. The van der Waals surface area contributed by atoms with E-state index in [1.807, 2.05) is 6.08 Å². The van der Waals surface area contributed by atoms with E-state index in [1.54, 1.807) is 6.92 Å². The van der Waals surface area contributed by atoms with Gasteiger partial charge < -0.3 is 0 Å². The van der Waals surface area contributed by atoms with Crippen molar-refractivity contribution in [1.29, 1.82) is 0 Å². The van der Waals surface area contributed by atoms with Gasteiger partial charge in [-0.3, -0.25) is 9.63 Å². The van der Waals surface area contributed by atoms with Crippen LogP contribution >= 0.6 is 0 Å². The van der Waals surface area contributed by atoms with Crippen LogP contribution in [0.4, 0.5) is 0 Å². The molecule has 0 aliphatic rings. The number of carbonyl (C=O) groups excluding carboxylic acids is 1. The lowest BCUT2D eigenvalue weighted by Gasteiger charge is -2.02. The van der Waals surface area contributed by atoms with Crippen molar-refractivity contribution in [1.82, 2.24) is 5.48 Å². The molecule has 0 aromatic carbocycles. The maximum Gasteiger partial charge on any atom is 0.269 e. The molecule has 0 saturated carbocycles. The smallest absolute Gasteiger partial charge is 0.269 e. The van der Waals surface area contributed by atoms with Crippen LogP contribution in [0.5, 0.6) is 0 Å². The van der Waals surface area contributed by atoms with Crippen molar-refractivity contribution in [3.8, 4) is 0 Å². The molecule has 0 unspecified atom stereocenters. The summed E-state index contributed by atoms with van der Waals surface area (Å²) in [5, 5.41) is 0. The fraction of sp³-hybridized carbons (Fsp3) is 0.615. The molecule has 3 nitrogen and oxygen atoms in total. The largest absolute Gasteiger partial charge is 0.269 e. The van der Waals surface area contributed by atoms with E-state index in [2.05, 4.69) is 25.1 Å². The molecule has 0 aromatic heterocycles. The highest BCUT2D eigenvalue weighted by molar-refractivity contribution is 5.91. The van der Waals surface area contributed by atoms with Gasteiger partial charge in [0, 0.05) is 5.57 Å². The topological polar surface area (TPSA) is 38.3 Å². The van der Waals surface area contributed by atoms with E-state index in [0.717, 1.165) is 6.42 Å². The Hall–Kier alpha value is -1.09. The standard InChI is InChI=1S/C13H23NO2/c1-4-5-6-7-8-9-10-11-16-14-13(15)12(2)3/h9-10H,2,4-8,11H2,1,3H3,(H,14,15)/b10-9+. The Morgan fingerprint density at radius 1 is 1.31 bits per heavy atom. The predicted octanol–water partition coefficient (Wildman–Crippen LogP) is 3.14. The third-order valence-electron chi connectivity index (χ3n) is 2.12. The Bertz CT molecular complexity index is 234. The first-order valence-electron chi connectivity index (χ1n) is 5.91. The average molecular weight is 225 g/mol. The maximum atomic E-state index is 11.0. The molecule has 0 aliphatic heterocycles. The van der Waals surface area contributed by atoms with Gasteiger partial charge in [-0.05, 0) is 19.8 Å². The number of hydroxylamine groups is 1. The van der Waals surface area contributed by atoms with Crippen molar-refractivity contribution in [2.45, 2.75) is 46.0 Å². The molecular weight excluding hydrogens is 202 g/mol. The molecule has 0 aromatic rings. The van der Waals surface area contributed by atoms with Crippen molar-refractivity contribution in [2.24, 2.45) is 0 Å². The first-order chi connectivity index (χ1) is 7.68. The molecular formula is C13H23NO2. The van der Waals surface area contributed by atoms with Crippen LogP contribution in [0.3, 0.4) is 0 Å². The summed E-state index contributed by atoms with van der Waals surface area (Å²) in [6.07, 6.45) is 10.2. The van der Waals surface area contributed by atoms with Crippen molar-refractivity contribution in [2.75, 3.05) is 6.61 Å². The second-order valence-electron chi connectivity index (χ2n) is 3.84. The van der Waals surface area contributed by atoms with Gasteiger partial charge in [-0.25, -0.2) is 5.48 Å². The first kappa shape index (κ1) is 14.9. The average Bonchev–Trinajstić information content (AvgIpc) is 2.26. The summed E-state index contributed by atoms with van der Waals surface area (Å²) in [5.74, 6) is -0.267. The van der Waals surface area contributed by atoms with Gasteiger partial charge in [-0.1, -0.05) is 44.9 Å². The molecule has 0 aliphatic carbocycles. The van der Waals surface area contributed by atoms with Gasteiger partial charge >= 0.3 is 0 Å². The summed E-state index contributed by atoms with van der Waals surface area (Å²) in [4.78, 5) is 15.9. The van der Waals surface area contributed by atoms with Gasteiger partial charge in [0.05, 0.1) is 6.61 Å². The Balaban J connectivity index is 3.28. The highest BCUT2D eigenvalue weighted by Crippen LogP contribution is 2.02. The molecule has 1 N–H and O–H groups in total. The molecule has 0 heterocycles. The quantitative estimate of drug-likeness (QED) is 0.283. The normalized spacial score (nSPS) is 10.6. The zero-order chi connectivity index (χ0) is 12.2. The monoisotopic (exact) mass is 225 g/mol. The summed E-state index contributed by atoms with van der Waals surface area (Å²) >= 11 is 0. The zero-order valence-electron chi connectivity index (χ0n) is 10.4. The molecule has 0 saturated heterocycles. The minimum absolute atomic E-state index is 0.267. The Morgan fingerprint density at radius 2 is 2.06 bits per heavy atom. The number of rotatable bonds is 9. The van der Waals surface area contributed by atoms with Crippen molar-refractivity contribution in [3.05, 3.63) is 24.3 Å². The minimum Gasteiger partial charge on any atom is -0.269 e. The molecule has 92 valence electrons. The lowest BCUT2D eigenvalue weighted by atomic mass is 10.1. The van der Waals surface area contributed by atoms with Gasteiger partial charge in [0.15, 0.2) is 0 Å². The number of amides is 1. The zero-order valence-corrected chi connectivity index (χ0v) is 10.4. The number of allylic oxidation sites excluding steroid dienone is 1. The summed E-state index contributed by atoms with van der Waals surface area (Å²) in [7, 11) is 0. The molecule has 0 spiro atoms. The third-order valence-corrected chi connectivity index (χ3v) is 2.12. The number of hydrogen-bond donors (Lipinski definition) is 1. The van der Waals surface area contributed by atoms with E-state index in [1.165, 1.54) is 25.7 Å². The van der Waals surface area contributed by atoms with Crippen molar-refractivity contribution < 1.29 is 9.63 Å². The van der Waals surface area contributed by atoms with Crippen LogP contribution < -0.4 is 5.48 Å². The van der Waals surface area contributed by atoms with Crippen LogP contribution in [-0.4, -0.2) is 12.5 Å². The van der Waals surface area contributed by atoms with Crippen LogP contribution in [0.1, 0.15) is 46.0 Å². The molecule has 16 heavy (non-hydrogen) atoms. The highest BCUT2D eigenvalue weighted by Gasteiger charge is 1.98. The predicted molar refractivity (Wildman–Crippen MR) is 66.8 cm³/mol. The Morgan fingerprint density at radius 3 is 2.69 bits per heavy atom. The maximum absolute atomic E-state index is 11.0. The van der Waals surface area contributed by atoms with Gasteiger partial charge in [0.1, 0.15) is 0 Å². The minimum atomic E-state index is -0.267. The van der Waals surface area contributed by atoms with E-state index in [-0.39, 0.29) is 5.91 Å². The van der Waals surface area contributed by atoms with Crippen molar-refractivity contribution >= 4 is 5.91 Å². The van der Waals surface area contributed by atoms with E-state index >= 15 is 0 Å². The second-order valence-corrected chi connectivity index (χ2v) is 3.84. The van der Waals surface area contributed by atoms with Gasteiger partial charge in [0.2, 0.25) is 0 Å². The number of unbranched alkanes of at least 4 members (excludes halogenated alkanes) is 4. The van der Waals surface area contributed by atoms with Crippen LogP contribution in [0, 0.1) is 0 Å². The number of hydrogen-bond acceptors (Lipinski definition) is 2. The molecule has 0 radical (unpaired) electrons. The number of carbonyl (C=O) groups is 1. The SMILES string of the molecule is C=C(C)C(=O)NOC/C=C/CCCCCC. The third kappa shape index (κ3) is 9.46. The Labute approximate surface area is 98.5 Å². The van der Waals surface area contributed by atoms with E-state index in [9.17, 15) is 4.79 Å². The summed E-state index contributed by atoms with van der Waals surface area (Å²) in [6, 6.07) is 0. The van der Waals surface area contributed by atoms with E-state index in [4.69, 9.17) is 4.84 Å². The van der Waals surface area contributed by atoms with Gasteiger partial charge in [0.25, 0.3) is 5.91 Å². The summed E-state index contributed by atoms with van der Waals surface area (Å²) < 4.78 is 0. The highest BCUT2D eigenvalue weighted by atomic mass is 16.6. The Kier molecular flexibility index (Phi) is 9.72. The molecule has 0 bridgehead atoms. The van der Waals surface area contributed by atoms with Gasteiger partial charge in [-0.2, -0.15) is 0 Å². The first-order valence-corrected chi connectivity index (χ1v) is 5.91. The van der Waals surface area contributed by atoms with E-state index in [0.29, 0.717) is 12.2 Å². The lowest BCUT2D eigenvalue weighted by Crippen LogP contribution is -2.23. The van der Waals surface area contributed by atoms with Crippen LogP contribution in [0.15, 0.2) is 24.3 Å². The van der Waals surface area contributed by atoms with Crippen LogP contribution in [-0.2, 0) is 9.63 Å². The molecule has 3 heteroatoms. The molecule has 0 fully saturated rings.